The van der Waals surface area contributed by atoms with Crippen LogP contribution < -0.4 is 4.74 Å². The van der Waals surface area contributed by atoms with E-state index in [2.05, 4.69) is 4.74 Å². The number of amides is 1. The largest absolute Gasteiger partial charge is 0.465 e. The second kappa shape index (κ2) is 6.19. The van der Waals surface area contributed by atoms with Gasteiger partial charge in [0, 0.05) is 18.7 Å². The number of benzene rings is 1. The molecule has 116 valence electrons. The van der Waals surface area contributed by atoms with Crippen LogP contribution in [-0.4, -0.2) is 35.8 Å². The SMILES string of the molecule is O=C(O)N1CCC(c2c(F)ccc(F)c2OC(F)F)CC1. The first-order valence-electron chi connectivity index (χ1n) is 6.30. The molecule has 1 heterocycles. The number of likely N-dealkylation sites (tertiary alicyclic amines) is 1. The van der Waals surface area contributed by atoms with Crippen LogP contribution in [0.15, 0.2) is 12.1 Å². The Morgan fingerprint density at radius 2 is 1.81 bits per heavy atom. The molecule has 1 aliphatic rings. The number of carboxylic acid groups (broad SMARTS) is 1. The van der Waals surface area contributed by atoms with E-state index in [0.717, 1.165) is 17.0 Å². The Labute approximate surface area is 117 Å². The number of carbonyl (C=O) groups is 1. The maximum Gasteiger partial charge on any atom is 0.407 e. The van der Waals surface area contributed by atoms with Gasteiger partial charge >= 0.3 is 12.7 Å². The highest BCUT2D eigenvalue weighted by atomic mass is 19.3. The average Bonchev–Trinajstić information content (AvgIpc) is 2.43. The lowest BCUT2D eigenvalue weighted by molar-refractivity contribution is -0.0533. The summed E-state index contributed by atoms with van der Waals surface area (Å²) in [5.74, 6) is -3.25. The van der Waals surface area contributed by atoms with Gasteiger partial charge in [0.05, 0.1) is 0 Å². The third-order valence-electron chi connectivity index (χ3n) is 3.48. The van der Waals surface area contributed by atoms with E-state index in [1.54, 1.807) is 0 Å². The summed E-state index contributed by atoms with van der Waals surface area (Å²) in [5.41, 5.74) is -0.250. The van der Waals surface area contributed by atoms with Crippen LogP contribution in [0.1, 0.15) is 24.3 Å². The smallest absolute Gasteiger partial charge is 0.407 e. The van der Waals surface area contributed by atoms with Gasteiger partial charge in [-0.3, -0.25) is 0 Å². The maximum atomic E-state index is 13.9. The summed E-state index contributed by atoms with van der Waals surface area (Å²) in [7, 11) is 0. The first-order chi connectivity index (χ1) is 9.90. The number of piperidine rings is 1. The minimum Gasteiger partial charge on any atom is -0.465 e. The lowest BCUT2D eigenvalue weighted by Gasteiger charge is -2.31. The van der Waals surface area contributed by atoms with Gasteiger partial charge in [-0.15, -0.1) is 0 Å². The Bertz CT molecular complexity index is 530. The van der Waals surface area contributed by atoms with Crippen molar-refractivity contribution in [1.29, 1.82) is 0 Å². The summed E-state index contributed by atoms with van der Waals surface area (Å²) < 4.78 is 56.3. The molecule has 1 aliphatic heterocycles. The number of rotatable bonds is 3. The highest BCUT2D eigenvalue weighted by Gasteiger charge is 2.30. The van der Waals surface area contributed by atoms with Crippen molar-refractivity contribution in [1.82, 2.24) is 4.90 Å². The second-order valence-electron chi connectivity index (χ2n) is 4.69. The van der Waals surface area contributed by atoms with Gasteiger partial charge in [0.2, 0.25) is 0 Å². The maximum absolute atomic E-state index is 13.9. The molecule has 0 unspecified atom stereocenters. The fourth-order valence-corrected chi connectivity index (χ4v) is 2.50. The van der Waals surface area contributed by atoms with Gasteiger partial charge in [-0.2, -0.15) is 8.78 Å². The van der Waals surface area contributed by atoms with Gasteiger partial charge in [0.15, 0.2) is 11.6 Å². The molecule has 1 amide bonds. The van der Waals surface area contributed by atoms with Crippen molar-refractivity contribution in [3.63, 3.8) is 0 Å². The van der Waals surface area contributed by atoms with Crippen molar-refractivity contribution in [3.05, 3.63) is 29.3 Å². The Morgan fingerprint density at radius 1 is 1.24 bits per heavy atom. The van der Waals surface area contributed by atoms with E-state index in [1.165, 1.54) is 0 Å². The zero-order valence-corrected chi connectivity index (χ0v) is 10.9. The normalized spacial score (nSPS) is 16.3. The van der Waals surface area contributed by atoms with Gasteiger partial charge in [0.25, 0.3) is 0 Å². The Morgan fingerprint density at radius 3 is 2.33 bits per heavy atom. The lowest BCUT2D eigenvalue weighted by atomic mass is 9.88. The second-order valence-corrected chi connectivity index (χ2v) is 4.69. The fraction of sp³-hybridized carbons (Fsp3) is 0.462. The van der Waals surface area contributed by atoms with Crippen molar-refractivity contribution >= 4 is 6.09 Å². The van der Waals surface area contributed by atoms with Crippen molar-refractivity contribution in [2.24, 2.45) is 0 Å². The average molecular weight is 307 g/mol. The molecule has 1 fully saturated rings. The topological polar surface area (TPSA) is 49.8 Å². The van der Waals surface area contributed by atoms with Crippen LogP contribution in [0.3, 0.4) is 0 Å². The molecule has 1 saturated heterocycles. The molecule has 0 radical (unpaired) electrons. The molecule has 4 nitrogen and oxygen atoms in total. The molecular weight excluding hydrogens is 294 g/mol. The molecule has 0 aliphatic carbocycles. The summed E-state index contributed by atoms with van der Waals surface area (Å²) in [6, 6.07) is 1.58. The Balaban J connectivity index is 2.27. The highest BCUT2D eigenvalue weighted by Crippen LogP contribution is 2.38. The van der Waals surface area contributed by atoms with Gasteiger partial charge in [-0.05, 0) is 30.9 Å². The van der Waals surface area contributed by atoms with Crippen LogP contribution in [0.2, 0.25) is 0 Å². The van der Waals surface area contributed by atoms with Crippen molar-refractivity contribution in [2.45, 2.75) is 25.4 Å². The predicted molar refractivity (Wildman–Crippen MR) is 64.6 cm³/mol. The van der Waals surface area contributed by atoms with Crippen molar-refractivity contribution in [2.75, 3.05) is 13.1 Å². The molecule has 2 rings (SSSR count). The van der Waals surface area contributed by atoms with Crippen LogP contribution in [0.4, 0.5) is 22.4 Å². The Hall–Kier alpha value is -1.99. The standard InChI is InChI=1S/C13H13F4NO3/c14-8-1-2-9(15)11(21-12(16)17)10(8)7-3-5-18(6-4-7)13(19)20/h1-2,7,12H,3-6H2,(H,19,20). The summed E-state index contributed by atoms with van der Waals surface area (Å²) in [6.07, 6.45) is -0.671. The van der Waals surface area contributed by atoms with E-state index in [9.17, 15) is 22.4 Å². The van der Waals surface area contributed by atoms with Crippen LogP contribution in [-0.2, 0) is 0 Å². The van der Waals surface area contributed by atoms with E-state index in [-0.39, 0.29) is 31.5 Å². The number of halogens is 4. The summed E-state index contributed by atoms with van der Waals surface area (Å²) in [6.45, 7) is -3.01. The summed E-state index contributed by atoms with van der Waals surface area (Å²) >= 11 is 0. The number of ether oxygens (including phenoxy) is 1. The molecule has 0 aromatic heterocycles. The highest BCUT2D eigenvalue weighted by molar-refractivity contribution is 5.65. The van der Waals surface area contributed by atoms with Crippen molar-refractivity contribution in [3.8, 4) is 5.75 Å². The molecule has 0 spiro atoms. The molecular formula is C13H13F4NO3. The monoisotopic (exact) mass is 307 g/mol. The van der Waals surface area contributed by atoms with Crippen molar-refractivity contribution < 1.29 is 32.2 Å². The first-order valence-corrected chi connectivity index (χ1v) is 6.30. The molecule has 1 N–H and O–H groups in total. The molecule has 1 aromatic rings. The van der Waals surface area contributed by atoms with Gasteiger partial charge in [-0.1, -0.05) is 0 Å². The van der Waals surface area contributed by atoms with E-state index >= 15 is 0 Å². The van der Waals surface area contributed by atoms with E-state index < -0.39 is 36.0 Å². The van der Waals surface area contributed by atoms with Gasteiger partial charge in [0.1, 0.15) is 5.82 Å². The molecule has 0 atom stereocenters. The third-order valence-corrected chi connectivity index (χ3v) is 3.48. The number of hydrogen-bond donors (Lipinski definition) is 1. The predicted octanol–water partition coefficient (Wildman–Crippen LogP) is 3.42. The lowest BCUT2D eigenvalue weighted by Crippen LogP contribution is -2.37. The summed E-state index contributed by atoms with van der Waals surface area (Å²) in [5, 5.41) is 8.84. The zero-order valence-electron chi connectivity index (χ0n) is 10.9. The first kappa shape index (κ1) is 15.4. The third kappa shape index (κ3) is 3.37. The quantitative estimate of drug-likeness (QED) is 0.871. The number of nitrogens with zero attached hydrogens (tertiary/aromatic N) is 1. The van der Waals surface area contributed by atoms with Crippen LogP contribution in [0.25, 0.3) is 0 Å². The van der Waals surface area contributed by atoms with Crippen LogP contribution >= 0.6 is 0 Å². The minimum atomic E-state index is -3.26. The fourth-order valence-electron chi connectivity index (χ4n) is 2.50. The molecule has 1 aromatic carbocycles. The van der Waals surface area contributed by atoms with E-state index in [0.29, 0.717) is 0 Å². The van der Waals surface area contributed by atoms with Gasteiger partial charge in [-0.25, -0.2) is 13.6 Å². The van der Waals surface area contributed by atoms with E-state index in [1.807, 2.05) is 0 Å². The zero-order chi connectivity index (χ0) is 15.6. The molecule has 8 heteroatoms. The molecule has 21 heavy (non-hydrogen) atoms. The molecule has 0 bridgehead atoms. The van der Waals surface area contributed by atoms with E-state index in [4.69, 9.17) is 5.11 Å². The van der Waals surface area contributed by atoms with Crippen LogP contribution in [0.5, 0.6) is 5.75 Å². The number of alkyl halides is 2. The number of hydrogen-bond acceptors (Lipinski definition) is 2. The summed E-state index contributed by atoms with van der Waals surface area (Å²) in [4.78, 5) is 11.9. The molecule has 0 saturated carbocycles. The van der Waals surface area contributed by atoms with Gasteiger partial charge < -0.3 is 14.7 Å². The minimum absolute atomic E-state index is 0.129. The van der Waals surface area contributed by atoms with Crippen LogP contribution in [0, 0.1) is 11.6 Å². The Kier molecular flexibility index (Phi) is 4.54.